The Balaban J connectivity index is 1.60. The maximum atomic E-state index is 13.2. The highest BCUT2D eigenvalue weighted by Crippen LogP contribution is 2.12. The molecule has 0 fully saturated rings. The van der Waals surface area contributed by atoms with Crippen LogP contribution in [-0.2, 0) is 10.0 Å². The van der Waals surface area contributed by atoms with Crippen LogP contribution in [0.5, 0.6) is 0 Å². The van der Waals surface area contributed by atoms with Crippen LogP contribution in [0.15, 0.2) is 59.8 Å². The fraction of sp³-hybridized carbons (Fsp3) is 0.176. The second-order valence-corrected chi connectivity index (χ2v) is 7.30. The molecule has 0 aliphatic rings. The molecule has 0 saturated carbocycles. The number of anilines is 1. The largest absolute Gasteiger partial charge is 0.369 e. The van der Waals surface area contributed by atoms with Gasteiger partial charge in [-0.05, 0) is 37.3 Å². The summed E-state index contributed by atoms with van der Waals surface area (Å²) in [5.41, 5.74) is 0. The molecule has 7 nitrogen and oxygen atoms in total. The van der Waals surface area contributed by atoms with Crippen molar-refractivity contribution in [3.05, 3.63) is 66.5 Å². The van der Waals surface area contributed by atoms with E-state index in [1.165, 1.54) is 18.2 Å². The minimum atomic E-state index is -3.76. The number of hydrogen-bond acceptors (Lipinski definition) is 5. The number of sulfonamides is 1. The zero-order valence-electron chi connectivity index (χ0n) is 14.1. The van der Waals surface area contributed by atoms with Gasteiger partial charge in [0.1, 0.15) is 23.3 Å². The predicted molar refractivity (Wildman–Crippen MR) is 96.2 cm³/mol. The molecule has 0 radical (unpaired) electrons. The lowest BCUT2D eigenvalue weighted by molar-refractivity contribution is 0.579. The van der Waals surface area contributed by atoms with Crippen molar-refractivity contribution in [1.29, 1.82) is 0 Å². The first-order valence-corrected chi connectivity index (χ1v) is 9.40. The monoisotopic (exact) mass is 375 g/mol. The van der Waals surface area contributed by atoms with Crippen molar-refractivity contribution >= 4 is 15.8 Å². The first-order chi connectivity index (χ1) is 12.4. The Hall–Kier alpha value is -2.78. The zero-order chi connectivity index (χ0) is 18.6. The van der Waals surface area contributed by atoms with Gasteiger partial charge in [-0.3, -0.25) is 0 Å². The molecule has 3 rings (SSSR count). The van der Waals surface area contributed by atoms with E-state index in [9.17, 15) is 12.8 Å². The van der Waals surface area contributed by atoms with Gasteiger partial charge in [-0.1, -0.05) is 6.07 Å². The Bertz CT molecular complexity index is 990. The molecule has 0 unspecified atom stereocenters. The van der Waals surface area contributed by atoms with Crippen LogP contribution in [0, 0.1) is 12.7 Å². The second kappa shape index (κ2) is 7.63. The molecule has 2 aromatic heterocycles. The van der Waals surface area contributed by atoms with Crippen molar-refractivity contribution < 1.29 is 12.8 Å². The van der Waals surface area contributed by atoms with Gasteiger partial charge in [0.25, 0.3) is 0 Å². The number of benzene rings is 1. The van der Waals surface area contributed by atoms with Crippen LogP contribution in [0.4, 0.5) is 10.2 Å². The highest BCUT2D eigenvalue weighted by molar-refractivity contribution is 7.89. The normalized spacial score (nSPS) is 11.5. The van der Waals surface area contributed by atoms with Gasteiger partial charge in [0.2, 0.25) is 10.0 Å². The maximum Gasteiger partial charge on any atom is 0.240 e. The number of nitrogens with zero attached hydrogens (tertiary/aromatic N) is 3. The summed E-state index contributed by atoms with van der Waals surface area (Å²) in [4.78, 5) is 8.54. The summed E-state index contributed by atoms with van der Waals surface area (Å²) in [6.45, 7) is 2.22. The summed E-state index contributed by atoms with van der Waals surface area (Å²) in [6, 6.07) is 10.4. The van der Waals surface area contributed by atoms with Gasteiger partial charge in [0.05, 0.1) is 4.90 Å². The molecule has 26 heavy (non-hydrogen) atoms. The molecule has 0 aliphatic heterocycles. The fourth-order valence-corrected chi connectivity index (χ4v) is 3.42. The van der Waals surface area contributed by atoms with Crippen molar-refractivity contribution in [2.24, 2.45) is 0 Å². The minimum Gasteiger partial charge on any atom is -0.369 e. The number of halogens is 1. The molecule has 136 valence electrons. The second-order valence-electron chi connectivity index (χ2n) is 5.53. The molecule has 0 bridgehead atoms. The third kappa shape index (κ3) is 4.44. The standard InChI is InChI=1S/C17H18FN5O2S/c1-13-21-16(12-17(22-13)23-9-2-3-10-23)19-7-8-20-26(24,25)15-6-4-5-14(18)11-15/h2-6,9-12,20H,7-8H2,1H3,(H,19,21,22). The summed E-state index contributed by atoms with van der Waals surface area (Å²) in [5, 5.41) is 3.06. The lowest BCUT2D eigenvalue weighted by Gasteiger charge is -2.10. The number of hydrogen-bond donors (Lipinski definition) is 2. The average Bonchev–Trinajstić information content (AvgIpc) is 3.13. The summed E-state index contributed by atoms with van der Waals surface area (Å²) < 4.78 is 41.7. The Morgan fingerprint density at radius 3 is 2.58 bits per heavy atom. The third-order valence-electron chi connectivity index (χ3n) is 3.52. The molecule has 2 N–H and O–H groups in total. The van der Waals surface area contributed by atoms with Crippen molar-refractivity contribution in [1.82, 2.24) is 19.3 Å². The number of nitrogens with one attached hydrogen (secondary N) is 2. The third-order valence-corrected chi connectivity index (χ3v) is 4.98. The van der Waals surface area contributed by atoms with Gasteiger partial charge in [0.15, 0.2) is 0 Å². The molecule has 0 atom stereocenters. The van der Waals surface area contributed by atoms with Crippen molar-refractivity contribution in [2.75, 3.05) is 18.4 Å². The van der Waals surface area contributed by atoms with Crippen LogP contribution < -0.4 is 10.0 Å². The van der Waals surface area contributed by atoms with Gasteiger partial charge in [-0.2, -0.15) is 0 Å². The van der Waals surface area contributed by atoms with Crippen LogP contribution in [-0.4, -0.2) is 36.0 Å². The van der Waals surface area contributed by atoms with Crippen molar-refractivity contribution in [3.63, 3.8) is 0 Å². The first kappa shape index (κ1) is 18.0. The van der Waals surface area contributed by atoms with Crippen molar-refractivity contribution in [3.8, 4) is 5.82 Å². The molecule has 1 aromatic carbocycles. The molecule has 9 heteroatoms. The summed E-state index contributed by atoms with van der Waals surface area (Å²) in [7, 11) is -3.76. The van der Waals surface area contributed by atoms with E-state index < -0.39 is 15.8 Å². The van der Waals surface area contributed by atoms with Gasteiger partial charge in [-0.15, -0.1) is 0 Å². The molecule has 0 amide bonds. The molecular formula is C17H18FN5O2S. The molecule has 2 heterocycles. The first-order valence-electron chi connectivity index (χ1n) is 7.92. The fourth-order valence-electron chi connectivity index (χ4n) is 2.36. The van der Waals surface area contributed by atoms with Gasteiger partial charge in [-0.25, -0.2) is 27.5 Å². The number of rotatable bonds is 7. The van der Waals surface area contributed by atoms with Crippen LogP contribution in [0.3, 0.4) is 0 Å². The highest BCUT2D eigenvalue weighted by atomic mass is 32.2. The van der Waals surface area contributed by atoms with Gasteiger partial charge < -0.3 is 9.88 Å². The zero-order valence-corrected chi connectivity index (χ0v) is 14.9. The van der Waals surface area contributed by atoms with Crippen LogP contribution in [0.1, 0.15) is 5.82 Å². The summed E-state index contributed by atoms with van der Waals surface area (Å²) >= 11 is 0. The molecule has 0 aliphatic carbocycles. The molecule has 0 spiro atoms. The summed E-state index contributed by atoms with van der Waals surface area (Å²) in [6.07, 6.45) is 3.75. The SMILES string of the molecule is Cc1nc(NCCNS(=O)(=O)c2cccc(F)c2)cc(-n2cccc2)n1. The summed E-state index contributed by atoms with van der Waals surface area (Å²) in [5.74, 6) is 1.30. The Labute approximate surface area is 151 Å². The Morgan fingerprint density at radius 2 is 1.85 bits per heavy atom. The smallest absolute Gasteiger partial charge is 0.240 e. The van der Waals surface area contributed by atoms with E-state index in [-0.39, 0.29) is 11.4 Å². The lowest BCUT2D eigenvalue weighted by atomic mass is 10.4. The highest BCUT2D eigenvalue weighted by Gasteiger charge is 2.13. The van der Waals surface area contributed by atoms with E-state index in [1.807, 2.05) is 29.1 Å². The minimum absolute atomic E-state index is 0.106. The average molecular weight is 375 g/mol. The molecular weight excluding hydrogens is 357 g/mol. The van der Waals surface area contributed by atoms with Crippen LogP contribution in [0.25, 0.3) is 5.82 Å². The predicted octanol–water partition coefficient (Wildman–Crippen LogP) is 2.11. The quantitative estimate of drug-likeness (QED) is 0.618. The van der Waals surface area contributed by atoms with Crippen LogP contribution in [0.2, 0.25) is 0 Å². The topological polar surface area (TPSA) is 88.9 Å². The number of aromatic nitrogens is 3. The van der Waals surface area contributed by atoms with E-state index in [1.54, 1.807) is 13.0 Å². The molecule has 0 saturated heterocycles. The van der Waals surface area contributed by atoms with Crippen LogP contribution >= 0.6 is 0 Å². The van der Waals surface area contributed by atoms with E-state index >= 15 is 0 Å². The van der Waals surface area contributed by atoms with E-state index in [2.05, 4.69) is 20.0 Å². The van der Waals surface area contributed by atoms with Gasteiger partial charge in [0, 0.05) is 31.5 Å². The maximum absolute atomic E-state index is 13.2. The van der Waals surface area contributed by atoms with E-state index in [0.29, 0.717) is 24.0 Å². The van der Waals surface area contributed by atoms with E-state index in [4.69, 9.17) is 0 Å². The lowest BCUT2D eigenvalue weighted by Crippen LogP contribution is -2.29. The Morgan fingerprint density at radius 1 is 1.08 bits per heavy atom. The van der Waals surface area contributed by atoms with E-state index in [0.717, 1.165) is 6.07 Å². The van der Waals surface area contributed by atoms with Gasteiger partial charge >= 0.3 is 0 Å². The Kier molecular flexibility index (Phi) is 5.29. The van der Waals surface area contributed by atoms with Crippen molar-refractivity contribution in [2.45, 2.75) is 11.8 Å². The molecule has 3 aromatic rings. The number of aryl methyl sites for hydroxylation is 1.